The average molecular weight is 242 g/mol. The van der Waals surface area contributed by atoms with Crippen LogP contribution in [0.1, 0.15) is 51.9 Å². The molecule has 3 N–H and O–H groups in total. The zero-order valence-electron chi connectivity index (χ0n) is 10.9. The van der Waals surface area contributed by atoms with Gasteiger partial charge < -0.3 is 15.8 Å². The molecule has 1 aliphatic rings. The van der Waals surface area contributed by atoms with Crippen LogP contribution in [0.5, 0.6) is 0 Å². The highest BCUT2D eigenvalue weighted by Crippen LogP contribution is 2.19. The van der Waals surface area contributed by atoms with E-state index in [1.54, 1.807) is 0 Å². The van der Waals surface area contributed by atoms with Crippen molar-refractivity contribution in [2.75, 3.05) is 13.2 Å². The Balaban J connectivity index is 2.01. The minimum Gasteiger partial charge on any atom is -0.376 e. The molecule has 1 amide bonds. The van der Waals surface area contributed by atoms with Gasteiger partial charge >= 0.3 is 0 Å². The lowest BCUT2D eigenvalue weighted by molar-refractivity contribution is -0.122. The van der Waals surface area contributed by atoms with E-state index >= 15 is 0 Å². The third-order valence-corrected chi connectivity index (χ3v) is 3.24. The van der Waals surface area contributed by atoms with Gasteiger partial charge in [-0.15, -0.1) is 0 Å². The van der Waals surface area contributed by atoms with Crippen LogP contribution < -0.4 is 11.1 Å². The van der Waals surface area contributed by atoms with Crippen LogP contribution in [0, 0.1) is 0 Å². The Morgan fingerprint density at radius 3 is 2.76 bits per heavy atom. The third kappa shape index (κ3) is 6.03. The molecule has 4 nitrogen and oxygen atoms in total. The summed E-state index contributed by atoms with van der Waals surface area (Å²) in [5, 5.41) is 2.82. The first-order valence-electron chi connectivity index (χ1n) is 6.89. The first kappa shape index (κ1) is 14.5. The van der Waals surface area contributed by atoms with Crippen LogP contribution in [0.25, 0.3) is 0 Å². The van der Waals surface area contributed by atoms with Gasteiger partial charge in [0.15, 0.2) is 0 Å². The maximum atomic E-state index is 11.5. The average Bonchev–Trinajstić information content (AvgIpc) is 2.36. The Morgan fingerprint density at radius 1 is 1.41 bits per heavy atom. The number of hydrogen-bond donors (Lipinski definition) is 2. The van der Waals surface area contributed by atoms with Gasteiger partial charge in [-0.3, -0.25) is 4.79 Å². The summed E-state index contributed by atoms with van der Waals surface area (Å²) >= 11 is 0. The van der Waals surface area contributed by atoms with E-state index in [0.717, 1.165) is 12.8 Å². The van der Waals surface area contributed by atoms with Gasteiger partial charge in [0.1, 0.15) is 0 Å². The molecule has 17 heavy (non-hydrogen) atoms. The summed E-state index contributed by atoms with van der Waals surface area (Å²) in [5.41, 5.74) is 5.70. The predicted molar refractivity (Wildman–Crippen MR) is 68.7 cm³/mol. The Hall–Kier alpha value is -0.610. The predicted octanol–water partition coefficient (Wildman–Crippen LogP) is 1.58. The summed E-state index contributed by atoms with van der Waals surface area (Å²) in [6, 6.07) is -0.366. The van der Waals surface area contributed by atoms with Crippen molar-refractivity contribution in [3.8, 4) is 0 Å². The molecule has 0 spiro atoms. The summed E-state index contributed by atoms with van der Waals surface area (Å²) in [5.74, 6) is -0.0564. The van der Waals surface area contributed by atoms with Gasteiger partial charge in [-0.1, -0.05) is 32.6 Å². The van der Waals surface area contributed by atoms with E-state index in [2.05, 4.69) is 5.32 Å². The lowest BCUT2D eigenvalue weighted by Crippen LogP contribution is -2.41. The summed E-state index contributed by atoms with van der Waals surface area (Å²) in [6.07, 6.45) is 8.32. The van der Waals surface area contributed by atoms with Crippen molar-refractivity contribution in [1.29, 1.82) is 0 Å². The lowest BCUT2D eigenvalue weighted by Gasteiger charge is -2.22. The maximum Gasteiger partial charge on any atom is 0.236 e. The fraction of sp³-hybridized carbons (Fsp3) is 0.923. The van der Waals surface area contributed by atoms with Gasteiger partial charge in [0.05, 0.1) is 18.8 Å². The highest BCUT2D eigenvalue weighted by Gasteiger charge is 2.14. The van der Waals surface area contributed by atoms with Gasteiger partial charge in [0, 0.05) is 6.54 Å². The van der Waals surface area contributed by atoms with Crippen LogP contribution in [-0.4, -0.2) is 31.2 Å². The SMILES string of the molecule is CCC[C@@H](N)C(=O)NCCOC1CCCCC1. The summed E-state index contributed by atoms with van der Waals surface area (Å²) in [7, 11) is 0. The molecular formula is C13H26N2O2. The number of amides is 1. The van der Waals surface area contributed by atoms with Crippen molar-refractivity contribution >= 4 is 5.91 Å². The molecular weight excluding hydrogens is 216 g/mol. The molecule has 0 aromatic carbocycles. The van der Waals surface area contributed by atoms with Crippen LogP contribution >= 0.6 is 0 Å². The van der Waals surface area contributed by atoms with E-state index in [4.69, 9.17) is 10.5 Å². The molecule has 0 unspecified atom stereocenters. The number of nitrogens with two attached hydrogens (primary N) is 1. The molecule has 1 aliphatic carbocycles. The first-order chi connectivity index (χ1) is 8.24. The topological polar surface area (TPSA) is 64.4 Å². The number of carbonyl (C=O) groups is 1. The number of ether oxygens (including phenoxy) is 1. The van der Waals surface area contributed by atoms with Crippen molar-refractivity contribution < 1.29 is 9.53 Å². The third-order valence-electron chi connectivity index (χ3n) is 3.24. The second-order valence-corrected chi connectivity index (χ2v) is 4.82. The largest absolute Gasteiger partial charge is 0.376 e. The van der Waals surface area contributed by atoms with E-state index in [0.29, 0.717) is 19.3 Å². The molecule has 0 heterocycles. The van der Waals surface area contributed by atoms with Crippen molar-refractivity contribution in [3.63, 3.8) is 0 Å². The van der Waals surface area contributed by atoms with Crippen molar-refractivity contribution in [1.82, 2.24) is 5.32 Å². The van der Waals surface area contributed by atoms with Crippen LogP contribution in [-0.2, 0) is 9.53 Å². The Kier molecular flexibility index (Phi) is 7.21. The molecule has 0 radical (unpaired) electrons. The van der Waals surface area contributed by atoms with E-state index in [-0.39, 0.29) is 11.9 Å². The summed E-state index contributed by atoms with van der Waals surface area (Å²) in [6.45, 7) is 3.21. The first-order valence-corrected chi connectivity index (χ1v) is 6.89. The zero-order valence-corrected chi connectivity index (χ0v) is 10.9. The van der Waals surface area contributed by atoms with Crippen LogP contribution in [0.15, 0.2) is 0 Å². The van der Waals surface area contributed by atoms with Gasteiger partial charge in [0.2, 0.25) is 5.91 Å². The normalized spacial score (nSPS) is 18.9. The molecule has 0 aromatic heterocycles. The van der Waals surface area contributed by atoms with Crippen molar-refractivity contribution in [3.05, 3.63) is 0 Å². The van der Waals surface area contributed by atoms with Crippen LogP contribution in [0.4, 0.5) is 0 Å². The van der Waals surface area contributed by atoms with Gasteiger partial charge in [0.25, 0.3) is 0 Å². The molecule has 0 saturated heterocycles. The van der Waals surface area contributed by atoms with E-state index in [9.17, 15) is 4.79 Å². The molecule has 0 aromatic rings. The number of hydrogen-bond acceptors (Lipinski definition) is 3. The van der Waals surface area contributed by atoms with E-state index < -0.39 is 0 Å². The number of carbonyl (C=O) groups excluding carboxylic acids is 1. The van der Waals surface area contributed by atoms with Gasteiger partial charge in [-0.05, 0) is 19.3 Å². The Bertz CT molecular complexity index is 215. The second kappa shape index (κ2) is 8.48. The monoisotopic (exact) mass is 242 g/mol. The molecule has 4 heteroatoms. The molecule has 1 atom stereocenters. The van der Waals surface area contributed by atoms with Gasteiger partial charge in [-0.2, -0.15) is 0 Å². The Morgan fingerprint density at radius 2 is 2.12 bits per heavy atom. The number of rotatable bonds is 7. The van der Waals surface area contributed by atoms with E-state index in [1.165, 1.54) is 32.1 Å². The summed E-state index contributed by atoms with van der Waals surface area (Å²) < 4.78 is 5.72. The lowest BCUT2D eigenvalue weighted by atomic mass is 9.98. The minimum absolute atomic E-state index is 0.0564. The maximum absolute atomic E-state index is 11.5. The van der Waals surface area contributed by atoms with E-state index in [1.807, 2.05) is 6.92 Å². The van der Waals surface area contributed by atoms with Crippen molar-refractivity contribution in [2.45, 2.75) is 64.0 Å². The molecule has 1 saturated carbocycles. The minimum atomic E-state index is -0.366. The second-order valence-electron chi connectivity index (χ2n) is 4.82. The molecule has 1 fully saturated rings. The van der Waals surface area contributed by atoms with Crippen molar-refractivity contribution in [2.24, 2.45) is 5.73 Å². The molecule has 0 bridgehead atoms. The smallest absolute Gasteiger partial charge is 0.236 e. The molecule has 0 aliphatic heterocycles. The zero-order chi connectivity index (χ0) is 12.5. The standard InChI is InChI=1S/C13H26N2O2/c1-2-6-12(14)13(16)15-9-10-17-11-7-4-3-5-8-11/h11-12H,2-10,14H2,1H3,(H,15,16)/t12-/m1/s1. The van der Waals surface area contributed by atoms with Crippen LogP contribution in [0.2, 0.25) is 0 Å². The summed E-state index contributed by atoms with van der Waals surface area (Å²) in [4.78, 5) is 11.5. The molecule has 1 rings (SSSR count). The highest BCUT2D eigenvalue weighted by molar-refractivity contribution is 5.81. The number of nitrogens with one attached hydrogen (secondary N) is 1. The molecule has 100 valence electrons. The van der Waals surface area contributed by atoms with Crippen LogP contribution in [0.3, 0.4) is 0 Å². The highest BCUT2D eigenvalue weighted by atomic mass is 16.5. The quantitative estimate of drug-likeness (QED) is 0.666. The van der Waals surface area contributed by atoms with Gasteiger partial charge in [-0.25, -0.2) is 0 Å². The fourth-order valence-corrected chi connectivity index (χ4v) is 2.20. The fourth-order valence-electron chi connectivity index (χ4n) is 2.20. The Labute approximate surface area is 104 Å².